The predicted molar refractivity (Wildman–Crippen MR) is 89.7 cm³/mol. The van der Waals surface area contributed by atoms with Crippen molar-refractivity contribution < 1.29 is 9.90 Å². The topological polar surface area (TPSA) is 66.6 Å². The molecule has 1 fully saturated rings. The molecule has 5 nitrogen and oxygen atoms in total. The number of aromatic nitrogens is 2. The summed E-state index contributed by atoms with van der Waals surface area (Å²) < 4.78 is 2.10. The quantitative estimate of drug-likeness (QED) is 0.891. The fourth-order valence-electron chi connectivity index (χ4n) is 3.24. The molecule has 5 heteroatoms. The van der Waals surface area contributed by atoms with E-state index in [9.17, 15) is 9.90 Å². The van der Waals surface area contributed by atoms with Crippen molar-refractivity contribution in [1.82, 2.24) is 14.7 Å². The van der Waals surface area contributed by atoms with Gasteiger partial charge in [-0.2, -0.15) is 0 Å². The Morgan fingerprint density at radius 1 is 1.48 bits per heavy atom. The van der Waals surface area contributed by atoms with E-state index in [0.717, 1.165) is 17.0 Å². The van der Waals surface area contributed by atoms with E-state index in [-0.39, 0.29) is 11.9 Å². The van der Waals surface area contributed by atoms with Crippen LogP contribution in [0.25, 0.3) is 5.52 Å². The van der Waals surface area contributed by atoms with E-state index >= 15 is 0 Å². The van der Waals surface area contributed by atoms with Gasteiger partial charge >= 0.3 is 0 Å². The third-order valence-electron chi connectivity index (χ3n) is 4.33. The highest BCUT2D eigenvalue weighted by Gasteiger charge is 2.29. The van der Waals surface area contributed by atoms with Crippen LogP contribution in [0.5, 0.6) is 0 Å². The molecule has 23 heavy (non-hydrogen) atoms. The average molecular weight is 315 g/mol. The first kappa shape index (κ1) is 16.0. The van der Waals surface area contributed by atoms with Crippen LogP contribution in [0.1, 0.15) is 67.8 Å². The molecule has 2 aromatic heterocycles. The molecule has 0 aliphatic heterocycles. The third-order valence-corrected chi connectivity index (χ3v) is 4.33. The van der Waals surface area contributed by atoms with Crippen LogP contribution in [0.4, 0.5) is 0 Å². The summed E-state index contributed by atoms with van der Waals surface area (Å²) >= 11 is 0. The highest BCUT2D eigenvalue weighted by Crippen LogP contribution is 2.39. The van der Waals surface area contributed by atoms with Gasteiger partial charge in [0.05, 0.1) is 22.9 Å². The van der Waals surface area contributed by atoms with Crippen LogP contribution >= 0.6 is 0 Å². The summed E-state index contributed by atoms with van der Waals surface area (Å²) in [6.45, 7) is 7.38. The van der Waals surface area contributed by atoms with Gasteiger partial charge in [-0.25, -0.2) is 4.98 Å². The second-order valence-corrected chi connectivity index (χ2v) is 7.37. The molecular formula is C18H25N3O2. The van der Waals surface area contributed by atoms with Crippen LogP contribution in [0, 0.1) is 6.92 Å². The number of nitrogens with one attached hydrogen (secondary N) is 1. The van der Waals surface area contributed by atoms with Crippen molar-refractivity contribution >= 4 is 11.4 Å². The van der Waals surface area contributed by atoms with Crippen LogP contribution in [-0.2, 0) is 0 Å². The number of fused-ring (bicyclic) bond motifs is 1. The van der Waals surface area contributed by atoms with Gasteiger partial charge in [-0.05, 0) is 59.1 Å². The van der Waals surface area contributed by atoms with E-state index in [1.165, 1.54) is 12.8 Å². The fourth-order valence-corrected chi connectivity index (χ4v) is 3.24. The molecule has 2 heterocycles. The zero-order valence-electron chi connectivity index (χ0n) is 14.3. The van der Waals surface area contributed by atoms with Crippen molar-refractivity contribution in [2.45, 2.75) is 64.5 Å². The number of imidazole rings is 1. The molecule has 1 aliphatic rings. The van der Waals surface area contributed by atoms with Crippen LogP contribution < -0.4 is 5.32 Å². The Morgan fingerprint density at radius 3 is 2.78 bits per heavy atom. The molecule has 1 amide bonds. The summed E-state index contributed by atoms with van der Waals surface area (Å²) in [6.07, 6.45) is 4.74. The first-order valence-corrected chi connectivity index (χ1v) is 8.26. The minimum Gasteiger partial charge on any atom is -0.390 e. The van der Waals surface area contributed by atoms with Crippen molar-refractivity contribution in [3.8, 4) is 0 Å². The standard InChI is InChI=1S/C18H25N3O2/c1-11(9-18(3,4)23)20-17(22)15-8-7-14-10-19-16(13-5-6-13)21(14)12(15)2/h7-8,10-11,13,23H,5-6,9H2,1-4H3,(H,20,22). The minimum absolute atomic E-state index is 0.0942. The first-order chi connectivity index (χ1) is 10.8. The van der Waals surface area contributed by atoms with Gasteiger partial charge in [-0.15, -0.1) is 0 Å². The SMILES string of the molecule is Cc1c(C(=O)NC(C)CC(C)(C)O)ccc2cnc(C3CC3)n12. The molecule has 0 radical (unpaired) electrons. The fraction of sp³-hybridized carbons (Fsp3) is 0.556. The van der Waals surface area contributed by atoms with Crippen LogP contribution in [0.15, 0.2) is 18.3 Å². The van der Waals surface area contributed by atoms with Crippen molar-refractivity contribution in [3.05, 3.63) is 35.4 Å². The molecule has 1 unspecified atom stereocenters. The van der Waals surface area contributed by atoms with Crippen molar-refractivity contribution in [2.24, 2.45) is 0 Å². The number of hydrogen-bond acceptors (Lipinski definition) is 3. The molecule has 0 aromatic carbocycles. The molecule has 1 aliphatic carbocycles. The van der Waals surface area contributed by atoms with E-state index in [4.69, 9.17) is 0 Å². The zero-order valence-corrected chi connectivity index (χ0v) is 14.3. The van der Waals surface area contributed by atoms with Gasteiger partial charge in [0.15, 0.2) is 0 Å². The van der Waals surface area contributed by atoms with E-state index in [2.05, 4.69) is 14.7 Å². The molecule has 3 rings (SSSR count). The molecule has 0 bridgehead atoms. The lowest BCUT2D eigenvalue weighted by atomic mass is 10.00. The van der Waals surface area contributed by atoms with E-state index in [0.29, 0.717) is 17.9 Å². The number of nitrogens with zero attached hydrogens (tertiary/aromatic N) is 2. The Morgan fingerprint density at radius 2 is 2.17 bits per heavy atom. The monoisotopic (exact) mass is 315 g/mol. The van der Waals surface area contributed by atoms with Gasteiger partial charge in [0, 0.05) is 17.7 Å². The summed E-state index contributed by atoms with van der Waals surface area (Å²) in [6, 6.07) is 3.71. The first-order valence-electron chi connectivity index (χ1n) is 8.26. The highest BCUT2D eigenvalue weighted by atomic mass is 16.3. The van der Waals surface area contributed by atoms with Crippen molar-refractivity contribution in [3.63, 3.8) is 0 Å². The lowest BCUT2D eigenvalue weighted by Gasteiger charge is -2.23. The van der Waals surface area contributed by atoms with Gasteiger partial charge in [0.2, 0.25) is 0 Å². The van der Waals surface area contributed by atoms with E-state index < -0.39 is 5.60 Å². The van der Waals surface area contributed by atoms with Crippen molar-refractivity contribution in [1.29, 1.82) is 0 Å². The smallest absolute Gasteiger partial charge is 0.253 e. The van der Waals surface area contributed by atoms with Gasteiger partial charge in [0.1, 0.15) is 5.82 Å². The second kappa shape index (κ2) is 5.64. The molecule has 124 valence electrons. The third kappa shape index (κ3) is 3.39. The highest BCUT2D eigenvalue weighted by molar-refractivity contribution is 5.95. The Labute approximate surface area is 136 Å². The van der Waals surface area contributed by atoms with Crippen LogP contribution in [-0.4, -0.2) is 32.0 Å². The summed E-state index contributed by atoms with van der Waals surface area (Å²) in [7, 11) is 0. The number of carbonyl (C=O) groups is 1. The maximum Gasteiger partial charge on any atom is 0.253 e. The van der Waals surface area contributed by atoms with Gasteiger partial charge in [-0.1, -0.05) is 0 Å². The predicted octanol–water partition coefficient (Wildman–Crippen LogP) is 2.80. The lowest BCUT2D eigenvalue weighted by molar-refractivity contribution is 0.0593. The minimum atomic E-state index is -0.796. The number of amides is 1. The summed E-state index contributed by atoms with van der Waals surface area (Å²) in [5.41, 5.74) is 1.83. The maximum absolute atomic E-state index is 12.6. The number of hydrogen-bond donors (Lipinski definition) is 2. The van der Waals surface area contributed by atoms with Gasteiger partial charge in [0.25, 0.3) is 5.91 Å². The Hall–Kier alpha value is -1.88. The average Bonchev–Trinajstić information content (AvgIpc) is 3.16. The summed E-state index contributed by atoms with van der Waals surface area (Å²) in [5.74, 6) is 1.50. The van der Waals surface area contributed by atoms with Gasteiger partial charge < -0.3 is 10.4 Å². The number of pyridine rings is 1. The Bertz CT molecular complexity index is 739. The molecule has 1 saturated carbocycles. The molecule has 0 spiro atoms. The van der Waals surface area contributed by atoms with Crippen LogP contribution in [0.3, 0.4) is 0 Å². The van der Waals surface area contributed by atoms with E-state index in [1.54, 1.807) is 13.8 Å². The number of aryl methyl sites for hydroxylation is 1. The molecule has 1 atom stereocenters. The van der Waals surface area contributed by atoms with Gasteiger partial charge in [-0.3, -0.25) is 9.20 Å². The van der Waals surface area contributed by atoms with Crippen molar-refractivity contribution in [2.75, 3.05) is 0 Å². The molecule has 2 aromatic rings. The lowest BCUT2D eigenvalue weighted by Crippen LogP contribution is -2.38. The largest absolute Gasteiger partial charge is 0.390 e. The maximum atomic E-state index is 12.6. The second-order valence-electron chi connectivity index (χ2n) is 7.37. The molecule has 0 saturated heterocycles. The normalized spacial score (nSPS) is 16.6. The number of aliphatic hydroxyl groups is 1. The zero-order chi connectivity index (χ0) is 16.8. The van der Waals surface area contributed by atoms with Crippen LogP contribution in [0.2, 0.25) is 0 Å². The summed E-state index contributed by atoms with van der Waals surface area (Å²) in [5, 5.41) is 12.9. The number of rotatable bonds is 5. The Balaban J connectivity index is 1.86. The molecular weight excluding hydrogens is 290 g/mol. The van der Waals surface area contributed by atoms with E-state index in [1.807, 2.05) is 32.2 Å². The number of carbonyl (C=O) groups excluding carboxylic acids is 1. The summed E-state index contributed by atoms with van der Waals surface area (Å²) in [4.78, 5) is 17.1. The molecule has 2 N–H and O–H groups in total. The Kier molecular flexibility index (Phi) is 3.92.